The Morgan fingerprint density at radius 3 is 2.66 bits per heavy atom. The summed E-state index contributed by atoms with van der Waals surface area (Å²) in [5.41, 5.74) is 8.58. The van der Waals surface area contributed by atoms with Crippen molar-refractivity contribution in [1.82, 2.24) is 19.5 Å². The van der Waals surface area contributed by atoms with E-state index in [1.165, 1.54) is 5.38 Å². The predicted octanol–water partition coefficient (Wildman–Crippen LogP) is -2.63. The van der Waals surface area contributed by atoms with Crippen molar-refractivity contribution in [2.45, 2.75) is 36.6 Å². The lowest BCUT2D eigenvalue weighted by Crippen LogP contribution is -2.74. The van der Waals surface area contributed by atoms with Gasteiger partial charge in [-0.05, 0) is 0 Å². The van der Waals surface area contributed by atoms with Gasteiger partial charge in [0.15, 0.2) is 10.8 Å². The molecule has 3 atom stereocenters. The number of carbonyl (C=O) groups excluding carboxylic acids is 3. The maximum atomic E-state index is 13.1. The van der Waals surface area contributed by atoms with E-state index in [-0.39, 0.29) is 41.1 Å². The van der Waals surface area contributed by atoms with Crippen molar-refractivity contribution >= 4 is 62.7 Å². The Labute approximate surface area is 218 Å². The number of carbonyl (C=O) groups is 4. The van der Waals surface area contributed by atoms with Gasteiger partial charge in [-0.25, -0.2) is 18.9 Å². The van der Waals surface area contributed by atoms with Gasteiger partial charge in [-0.3, -0.25) is 19.1 Å². The van der Waals surface area contributed by atoms with Crippen LogP contribution in [0.2, 0.25) is 0 Å². The van der Waals surface area contributed by atoms with Gasteiger partial charge in [0.05, 0.1) is 25.5 Å². The molecule has 38 heavy (non-hydrogen) atoms. The summed E-state index contributed by atoms with van der Waals surface area (Å²) in [5.74, 6) is -3.55. The lowest BCUT2D eigenvalue weighted by atomic mass is 9.97. The zero-order chi connectivity index (χ0) is 27.8. The number of aliphatic carboxylic acids is 1. The van der Waals surface area contributed by atoms with E-state index in [0.29, 0.717) is 0 Å². The number of aliphatic imine (C=N–C) groups is 1. The number of oxime groups is 1. The van der Waals surface area contributed by atoms with Gasteiger partial charge >= 0.3 is 22.4 Å². The average Bonchev–Trinajstić information content (AvgIpc) is 3.39. The number of β-lactam (4-membered cyclic amide) rings is 1. The van der Waals surface area contributed by atoms with Crippen LogP contribution in [0.3, 0.4) is 0 Å². The van der Waals surface area contributed by atoms with Crippen LogP contribution < -0.4 is 16.8 Å². The van der Waals surface area contributed by atoms with Crippen molar-refractivity contribution in [3.05, 3.63) is 11.1 Å². The quantitative estimate of drug-likeness (QED) is 0.0595. The summed E-state index contributed by atoms with van der Waals surface area (Å²) in [6.45, 7) is -0.428. The first-order chi connectivity index (χ1) is 17.9. The second-order valence-corrected chi connectivity index (χ2v) is 10.6. The lowest BCUT2D eigenvalue weighted by molar-refractivity contribution is -0.153. The highest BCUT2D eigenvalue weighted by Crippen LogP contribution is 2.40. The molecule has 20 heteroatoms. The molecule has 1 aromatic rings. The highest BCUT2D eigenvalue weighted by atomic mass is 32.2. The maximum absolute atomic E-state index is 13.1. The molecule has 4 rings (SSSR count). The highest BCUT2D eigenvalue weighted by molar-refractivity contribution is 7.84. The number of amides is 3. The molecule has 0 bridgehead atoms. The van der Waals surface area contributed by atoms with Gasteiger partial charge in [0, 0.05) is 24.8 Å². The van der Waals surface area contributed by atoms with Gasteiger partial charge < -0.3 is 36.4 Å². The molecule has 1 aliphatic carbocycles. The van der Waals surface area contributed by atoms with E-state index in [1.807, 2.05) is 0 Å². The summed E-state index contributed by atoms with van der Waals surface area (Å²) >= 11 is 0.947. The largest absolute Gasteiger partial charge is 0.478 e. The van der Waals surface area contributed by atoms with Crippen molar-refractivity contribution in [2.75, 3.05) is 25.4 Å². The average molecular weight is 575 g/mol. The number of carboxylic acid groups (broad SMARTS) is 1. The number of nitrogens with two attached hydrogens (primary N) is 2. The third-order valence-corrected chi connectivity index (χ3v) is 7.48. The second-order valence-electron chi connectivity index (χ2n) is 8.46. The zero-order valence-corrected chi connectivity index (χ0v) is 20.9. The third kappa shape index (κ3) is 5.31. The SMILES string of the molecule is NC=NCC1CN(C[C@H]2C(NC(=O)/C(=N\OC3(C(=O)O)CC3)c3csc(N)n3)C(=O)N2S(=O)(=O)O)C(=O)O1. The van der Waals surface area contributed by atoms with Crippen molar-refractivity contribution < 1.29 is 46.8 Å². The Balaban J connectivity index is 1.54. The molecule has 3 aliphatic rings. The Kier molecular flexibility index (Phi) is 7.12. The number of hydrogen-bond acceptors (Lipinski definition) is 13. The molecule has 1 saturated carbocycles. The molecule has 1 aromatic heterocycles. The Bertz CT molecular complexity index is 1320. The molecule has 0 spiro atoms. The summed E-state index contributed by atoms with van der Waals surface area (Å²) in [6, 6.07) is -2.95. The number of nitrogens with one attached hydrogen (secondary N) is 1. The number of nitrogens with zero attached hydrogens (tertiary/aromatic N) is 5. The molecular weight excluding hydrogens is 552 g/mol. The summed E-state index contributed by atoms with van der Waals surface area (Å²) in [7, 11) is -5.05. The normalized spacial score (nSPS) is 24.8. The number of carboxylic acids is 1. The van der Waals surface area contributed by atoms with E-state index in [9.17, 15) is 37.3 Å². The molecule has 2 aliphatic heterocycles. The Morgan fingerprint density at radius 1 is 1.39 bits per heavy atom. The number of anilines is 1. The minimum Gasteiger partial charge on any atom is -0.478 e. The van der Waals surface area contributed by atoms with Gasteiger partial charge in [0.25, 0.3) is 11.8 Å². The number of rotatable bonds is 11. The van der Waals surface area contributed by atoms with Gasteiger partial charge in [-0.2, -0.15) is 8.42 Å². The van der Waals surface area contributed by atoms with E-state index >= 15 is 0 Å². The zero-order valence-electron chi connectivity index (χ0n) is 19.3. The molecule has 3 amide bonds. The summed E-state index contributed by atoms with van der Waals surface area (Å²) in [5, 5.41) is 16.6. The van der Waals surface area contributed by atoms with E-state index in [4.69, 9.17) is 21.0 Å². The summed E-state index contributed by atoms with van der Waals surface area (Å²) in [4.78, 5) is 63.3. The summed E-state index contributed by atoms with van der Waals surface area (Å²) < 4.78 is 38.4. The van der Waals surface area contributed by atoms with Crippen molar-refractivity contribution in [3.8, 4) is 0 Å². The van der Waals surface area contributed by atoms with Crippen molar-refractivity contribution in [1.29, 1.82) is 0 Å². The Hall–Kier alpha value is -4.04. The molecule has 2 unspecified atom stereocenters. The van der Waals surface area contributed by atoms with Gasteiger partial charge in [0.1, 0.15) is 17.8 Å². The van der Waals surface area contributed by atoms with Gasteiger partial charge in [-0.1, -0.05) is 5.16 Å². The molecule has 0 radical (unpaired) electrons. The van der Waals surface area contributed by atoms with Crippen LogP contribution >= 0.6 is 11.3 Å². The van der Waals surface area contributed by atoms with Crippen LogP contribution in [0.5, 0.6) is 0 Å². The standard InChI is InChI=1S/C18H22N8O10S2/c19-7-21-3-8-4-25(17(31)35-8)5-10-12(14(28)26(10)38(32,33)34)23-13(27)11(9-6-37-16(20)22-9)24-36-18(1-2-18)15(29)30/h6-8,10,12H,1-5H2,(H2,19,21)(H2,20,22)(H,23,27)(H,29,30)(H,32,33,34)/b24-11-/t8?,10-,12?/m0/s1. The van der Waals surface area contributed by atoms with Crippen LogP contribution in [0.4, 0.5) is 9.93 Å². The monoisotopic (exact) mass is 574 g/mol. The fourth-order valence-corrected chi connectivity index (χ4v) is 5.18. The Morgan fingerprint density at radius 2 is 2.11 bits per heavy atom. The number of thiazole rings is 1. The van der Waals surface area contributed by atoms with E-state index in [1.54, 1.807) is 0 Å². The number of aromatic nitrogens is 1. The fraction of sp³-hybridized carbons (Fsp3) is 0.500. The fourth-order valence-electron chi connectivity index (χ4n) is 3.76. The first kappa shape index (κ1) is 27.0. The number of hydrogen-bond donors (Lipinski definition) is 5. The van der Waals surface area contributed by atoms with Crippen LogP contribution in [-0.4, -0.2) is 112 Å². The van der Waals surface area contributed by atoms with Crippen molar-refractivity contribution in [3.63, 3.8) is 0 Å². The number of ether oxygens (including phenoxy) is 1. The molecule has 3 fully saturated rings. The molecule has 2 saturated heterocycles. The number of nitrogen functional groups attached to an aromatic ring is 1. The lowest BCUT2D eigenvalue weighted by Gasteiger charge is -2.45. The topological polar surface area (TPSA) is 270 Å². The first-order valence-electron chi connectivity index (χ1n) is 10.8. The maximum Gasteiger partial charge on any atom is 0.410 e. The van der Waals surface area contributed by atoms with E-state index in [0.717, 1.165) is 22.6 Å². The summed E-state index contributed by atoms with van der Waals surface area (Å²) in [6.07, 6.45) is -0.210. The molecule has 18 nitrogen and oxygen atoms in total. The smallest absolute Gasteiger partial charge is 0.410 e. The molecule has 7 N–H and O–H groups in total. The molecule has 3 heterocycles. The van der Waals surface area contributed by atoms with Crippen molar-refractivity contribution in [2.24, 2.45) is 15.9 Å². The van der Waals surface area contributed by atoms with E-state index < -0.39 is 70.2 Å². The molecule has 0 aromatic carbocycles. The van der Waals surface area contributed by atoms with Gasteiger partial charge in [0.2, 0.25) is 5.60 Å². The number of cyclic esters (lactones) is 1. The second kappa shape index (κ2) is 10.0. The molecule has 206 valence electrons. The van der Waals surface area contributed by atoms with Crippen LogP contribution in [0.15, 0.2) is 15.5 Å². The predicted molar refractivity (Wildman–Crippen MR) is 127 cm³/mol. The van der Waals surface area contributed by atoms with Crippen LogP contribution in [0, 0.1) is 0 Å². The first-order valence-corrected chi connectivity index (χ1v) is 13.1. The molecular formula is C18H22N8O10S2. The van der Waals surface area contributed by atoms with Crippen LogP contribution in [0.1, 0.15) is 18.5 Å². The minimum absolute atomic E-state index is 0.0310. The highest BCUT2D eigenvalue weighted by Gasteiger charge is 2.56. The van der Waals surface area contributed by atoms with Crippen LogP contribution in [-0.2, 0) is 34.3 Å². The van der Waals surface area contributed by atoms with E-state index in [2.05, 4.69) is 20.4 Å². The third-order valence-electron chi connectivity index (χ3n) is 5.86. The van der Waals surface area contributed by atoms with Gasteiger partial charge in [-0.15, -0.1) is 11.3 Å². The minimum atomic E-state index is -5.05. The van der Waals surface area contributed by atoms with Crippen LogP contribution in [0.25, 0.3) is 0 Å².